The Morgan fingerprint density at radius 1 is 0.949 bits per heavy atom. The van der Waals surface area contributed by atoms with Crippen molar-refractivity contribution in [2.75, 3.05) is 25.2 Å². The first-order valence-corrected chi connectivity index (χ1v) is 13.8. The maximum absolute atomic E-state index is 13.6. The van der Waals surface area contributed by atoms with Gasteiger partial charge in [-0.05, 0) is 63.3 Å². The summed E-state index contributed by atoms with van der Waals surface area (Å²) in [6, 6.07) is 11.5. The molecule has 2 aliphatic carbocycles. The van der Waals surface area contributed by atoms with Crippen LogP contribution in [0.1, 0.15) is 62.5 Å². The minimum atomic E-state index is -0.599. The van der Waals surface area contributed by atoms with Gasteiger partial charge < -0.3 is 19.1 Å². The molecular formula is C31H32ClNO6. The lowest BCUT2D eigenvalue weighted by Gasteiger charge is -2.44. The second-order valence-corrected chi connectivity index (χ2v) is 10.4. The largest absolute Gasteiger partial charge is 0.493 e. The van der Waals surface area contributed by atoms with Gasteiger partial charge in [-0.15, -0.1) is 0 Å². The van der Waals surface area contributed by atoms with Gasteiger partial charge in [0.2, 0.25) is 0 Å². The number of aryl methyl sites for hydroxylation is 1. The lowest BCUT2D eigenvalue weighted by Crippen LogP contribution is -2.39. The van der Waals surface area contributed by atoms with E-state index in [1.165, 1.54) is 7.11 Å². The summed E-state index contributed by atoms with van der Waals surface area (Å²) in [6.45, 7) is 3.71. The van der Waals surface area contributed by atoms with Crippen LogP contribution in [-0.4, -0.2) is 37.9 Å². The number of carbonyl (C=O) groups excluding carboxylic acids is 3. The van der Waals surface area contributed by atoms with Gasteiger partial charge in [-0.2, -0.15) is 0 Å². The number of nitrogens with zero attached hydrogens (tertiary/aromatic N) is 1. The molecule has 0 atom stereocenters. The molecule has 2 aromatic rings. The van der Waals surface area contributed by atoms with E-state index >= 15 is 0 Å². The van der Waals surface area contributed by atoms with E-state index in [0.717, 1.165) is 48.3 Å². The lowest BCUT2D eigenvalue weighted by molar-refractivity contribution is -0.145. The van der Waals surface area contributed by atoms with Crippen LogP contribution in [0.4, 0.5) is 5.69 Å². The Morgan fingerprint density at radius 2 is 1.56 bits per heavy atom. The molecule has 0 saturated carbocycles. The van der Waals surface area contributed by atoms with Crippen molar-refractivity contribution in [1.82, 2.24) is 0 Å². The van der Waals surface area contributed by atoms with E-state index in [-0.39, 0.29) is 30.5 Å². The van der Waals surface area contributed by atoms with Crippen LogP contribution in [0.15, 0.2) is 58.9 Å². The first-order valence-electron chi connectivity index (χ1n) is 13.4. The van der Waals surface area contributed by atoms with E-state index in [4.69, 9.17) is 25.8 Å². The van der Waals surface area contributed by atoms with Crippen LogP contribution in [0.3, 0.4) is 0 Å². The third-order valence-corrected chi connectivity index (χ3v) is 7.84. The van der Waals surface area contributed by atoms with Gasteiger partial charge in [-0.3, -0.25) is 9.59 Å². The Morgan fingerprint density at radius 3 is 2.13 bits per heavy atom. The summed E-state index contributed by atoms with van der Waals surface area (Å²) in [6.07, 6.45) is 3.80. The molecule has 5 rings (SSSR count). The molecule has 0 aromatic heterocycles. The van der Waals surface area contributed by atoms with E-state index in [9.17, 15) is 14.4 Å². The number of carbonyl (C=O) groups is 3. The first kappa shape index (κ1) is 27.0. The summed E-state index contributed by atoms with van der Waals surface area (Å²) in [5, 5.41) is 0.332. The molecule has 1 heterocycles. The number of hydrogen-bond acceptors (Lipinski definition) is 7. The number of rotatable bonds is 7. The minimum absolute atomic E-state index is 0.0287. The summed E-state index contributed by atoms with van der Waals surface area (Å²) >= 11 is 6.86. The van der Waals surface area contributed by atoms with Crippen molar-refractivity contribution in [2.24, 2.45) is 0 Å². The maximum atomic E-state index is 13.6. The van der Waals surface area contributed by atoms with Crippen molar-refractivity contribution in [3.63, 3.8) is 0 Å². The number of methoxy groups -OCH3 is 1. The molecule has 0 bridgehead atoms. The van der Waals surface area contributed by atoms with E-state index < -0.39 is 11.9 Å². The molecule has 0 N–H and O–H groups in total. The molecule has 1 aliphatic heterocycles. The molecule has 0 unspecified atom stereocenters. The molecule has 0 saturated heterocycles. The van der Waals surface area contributed by atoms with E-state index in [2.05, 4.69) is 17.0 Å². The average Bonchev–Trinajstić information content (AvgIpc) is 2.92. The summed E-state index contributed by atoms with van der Waals surface area (Å²) in [5.74, 6) is -0.409. The topological polar surface area (TPSA) is 82.1 Å². The highest BCUT2D eigenvalue weighted by Gasteiger charge is 2.44. The molecule has 2 aromatic carbocycles. The molecule has 0 radical (unpaired) electrons. The summed E-state index contributed by atoms with van der Waals surface area (Å²) in [5.41, 5.74) is 5.83. The number of esters is 1. The van der Waals surface area contributed by atoms with Crippen LogP contribution < -0.4 is 14.4 Å². The van der Waals surface area contributed by atoms with Crippen LogP contribution in [0.25, 0.3) is 0 Å². The van der Waals surface area contributed by atoms with Crippen molar-refractivity contribution in [3.8, 4) is 11.5 Å². The van der Waals surface area contributed by atoms with Crippen LogP contribution in [0, 0.1) is 6.92 Å². The third-order valence-electron chi connectivity index (χ3n) is 7.51. The Kier molecular flexibility index (Phi) is 7.80. The molecule has 0 amide bonds. The molecule has 7 nitrogen and oxygen atoms in total. The highest BCUT2D eigenvalue weighted by molar-refractivity contribution is 6.32. The van der Waals surface area contributed by atoms with Crippen LogP contribution in [0.5, 0.6) is 11.5 Å². The van der Waals surface area contributed by atoms with Gasteiger partial charge in [0.05, 0.1) is 13.7 Å². The number of Topliss-reactive ketones (excluding diaryl/α,β-unsaturated/α-hetero) is 2. The fourth-order valence-corrected chi connectivity index (χ4v) is 6.08. The molecule has 0 fully saturated rings. The van der Waals surface area contributed by atoms with E-state index in [0.29, 0.717) is 40.3 Å². The van der Waals surface area contributed by atoms with Crippen molar-refractivity contribution in [3.05, 3.63) is 75.1 Å². The summed E-state index contributed by atoms with van der Waals surface area (Å²) < 4.78 is 16.2. The van der Waals surface area contributed by atoms with Crippen molar-refractivity contribution in [1.29, 1.82) is 0 Å². The second-order valence-electron chi connectivity index (χ2n) is 10.00. The SMILES string of the molecule is CCOC(=O)COc1cc(Cl)c(C2C3=C(CCCC3=O)N(c3ccc(C)cc3)C3=C2C(=O)CCC3)cc1OC. The van der Waals surface area contributed by atoms with Crippen molar-refractivity contribution >= 4 is 34.8 Å². The van der Waals surface area contributed by atoms with Gasteiger partial charge in [-0.25, -0.2) is 4.79 Å². The van der Waals surface area contributed by atoms with Gasteiger partial charge in [0.15, 0.2) is 29.7 Å². The average molecular weight is 550 g/mol. The van der Waals surface area contributed by atoms with Gasteiger partial charge >= 0.3 is 5.97 Å². The number of ether oxygens (including phenoxy) is 3. The van der Waals surface area contributed by atoms with Crippen LogP contribution in [-0.2, 0) is 19.1 Å². The molecular weight excluding hydrogens is 518 g/mol. The molecule has 8 heteroatoms. The smallest absolute Gasteiger partial charge is 0.344 e. The zero-order chi connectivity index (χ0) is 27.7. The van der Waals surface area contributed by atoms with Gasteiger partial charge in [0, 0.05) is 58.1 Å². The normalized spacial score (nSPS) is 17.7. The predicted octanol–water partition coefficient (Wildman–Crippen LogP) is 6.22. The zero-order valence-electron chi connectivity index (χ0n) is 22.5. The minimum Gasteiger partial charge on any atom is -0.493 e. The Hall–Kier alpha value is -3.58. The molecule has 39 heavy (non-hydrogen) atoms. The monoisotopic (exact) mass is 549 g/mol. The van der Waals surface area contributed by atoms with Gasteiger partial charge in [-0.1, -0.05) is 29.3 Å². The number of halogens is 1. The third kappa shape index (κ3) is 5.08. The quantitative estimate of drug-likeness (QED) is 0.379. The maximum Gasteiger partial charge on any atom is 0.344 e. The number of benzene rings is 2. The van der Waals surface area contributed by atoms with E-state index in [1.807, 2.05) is 19.1 Å². The second kappa shape index (κ2) is 11.3. The number of anilines is 1. The van der Waals surface area contributed by atoms with Crippen LogP contribution >= 0.6 is 11.6 Å². The molecule has 3 aliphatic rings. The zero-order valence-corrected chi connectivity index (χ0v) is 23.2. The fourth-order valence-electron chi connectivity index (χ4n) is 5.82. The summed E-state index contributed by atoms with van der Waals surface area (Å²) in [7, 11) is 1.50. The highest BCUT2D eigenvalue weighted by Crippen LogP contribution is 2.52. The van der Waals surface area contributed by atoms with Crippen LogP contribution in [0.2, 0.25) is 5.02 Å². The number of hydrogen-bond donors (Lipinski definition) is 0. The van der Waals surface area contributed by atoms with Gasteiger partial charge in [0.25, 0.3) is 0 Å². The molecule has 204 valence electrons. The number of ketones is 2. The highest BCUT2D eigenvalue weighted by atomic mass is 35.5. The van der Waals surface area contributed by atoms with Gasteiger partial charge in [0.1, 0.15) is 0 Å². The Labute approximate surface area is 233 Å². The fraction of sp³-hybridized carbons (Fsp3) is 0.387. The Balaban J connectivity index is 1.67. The molecule has 0 spiro atoms. The lowest BCUT2D eigenvalue weighted by atomic mass is 9.70. The van der Waals surface area contributed by atoms with Crippen molar-refractivity contribution < 1.29 is 28.6 Å². The standard InChI is InChI=1S/C31H32ClNO6/c1-4-38-28(36)17-39-27-16-21(32)20(15-26(27)37-3)29-30-22(7-5-9-24(30)34)33(19-13-11-18(2)12-14-19)23-8-6-10-25(35)31(23)29/h11-16,29H,4-10,17H2,1-3H3. The van der Waals surface area contributed by atoms with Crippen molar-refractivity contribution in [2.45, 2.75) is 58.3 Å². The number of allylic oxidation sites excluding steroid dienone is 4. The summed E-state index contributed by atoms with van der Waals surface area (Å²) in [4.78, 5) is 41.3. The Bertz CT molecular complexity index is 1350. The first-order chi connectivity index (χ1) is 18.8. The van der Waals surface area contributed by atoms with E-state index in [1.54, 1.807) is 19.1 Å². The predicted molar refractivity (Wildman–Crippen MR) is 148 cm³/mol.